The second-order valence-corrected chi connectivity index (χ2v) is 11.7. The Kier molecular flexibility index (Phi) is 7.55. The molecular formula is C26H35N7O4S. The first-order chi connectivity index (χ1) is 18.3. The average Bonchev–Trinajstić information content (AvgIpc) is 3.26. The lowest BCUT2D eigenvalue weighted by atomic mass is 9.97. The maximum absolute atomic E-state index is 13.7. The van der Waals surface area contributed by atoms with Crippen LogP contribution in [0.3, 0.4) is 0 Å². The third kappa shape index (κ3) is 4.95. The molecule has 1 fully saturated rings. The number of hydrogen-bond donors (Lipinski definition) is 1. The highest BCUT2D eigenvalue weighted by atomic mass is 32.2. The average molecular weight is 542 g/mol. The van der Waals surface area contributed by atoms with Crippen LogP contribution in [0.4, 0.5) is 5.95 Å². The van der Waals surface area contributed by atoms with Gasteiger partial charge in [-0.3, -0.25) is 9.69 Å². The predicted octanol–water partition coefficient (Wildman–Crippen LogP) is 1.43. The molecule has 5 rings (SSSR count). The first-order valence-corrected chi connectivity index (χ1v) is 14.5. The minimum atomic E-state index is -3.76. The molecule has 1 saturated heterocycles. The summed E-state index contributed by atoms with van der Waals surface area (Å²) in [5, 5.41) is 3.10. The Balaban J connectivity index is 1.43. The molecule has 11 nitrogen and oxygen atoms in total. The monoisotopic (exact) mass is 541 g/mol. The lowest BCUT2D eigenvalue weighted by Crippen LogP contribution is -2.49. The van der Waals surface area contributed by atoms with E-state index in [0.717, 1.165) is 18.5 Å². The number of ether oxygens (including phenoxy) is 1. The van der Waals surface area contributed by atoms with Crippen LogP contribution in [-0.2, 0) is 14.8 Å². The summed E-state index contributed by atoms with van der Waals surface area (Å²) < 4.78 is 34.9. The van der Waals surface area contributed by atoms with Crippen molar-refractivity contribution in [2.24, 2.45) is 0 Å². The Hall–Kier alpha value is -3.22. The fraction of sp³-hybridized carbons (Fsp3) is 0.500. The summed E-state index contributed by atoms with van der Waals surface area (Å²) in [4.78, 5) is 28.0. The molecule has 0 bridgehead atoms. The van der Waals surface area contributed by atoms with Crippen LogP contribution in [0.15, 0.2) is 52.8 Å². The van der Waals surface area contributed by atoms with Gasteiger partial charge in [0.25, 0.3) is 5.91 Å². The van der Waals surface area contributed by atoms with Gasteiger partial charge in [-0.2, -0.15) is 4.31 Å². The Morgan fingerprint density at radius 1 is 1.11 bits per heavy atom. The summed E-state index contributed by atoms with van der Waals surface area (Å²) in [6.45, 7) is 8.34. The van der Waals surface area contributed by atoms with Crippen molar-refractivity contribution in [1.29, 1.82) is 0 Å². The molecule has 1 amide bonds. The Bertz CT molecular complexity index is 1310. The van der Waals surface area contributed by atoms with Gasteiger partial charge in [-0.1, -0.05) is 6.92 Å². The van der Waals surface area contributed by atoms with Gasteiger partial charge < -0.3 is 19.9 Å². The van der Waals surface area contributed by atoms with Gasteiger partial charge in [0, 0.05) is 57.7 Å². The number of sulfonamides is 1. The van der Waals surface area contributed by atoms with Crippen LogP contribution in [0, 0.1) is 0 Å². The fourth-order valence-electron chi connectivity index (χ4n) is 5.48. The van der Waals surface area contributed by atoms with Crippen LogP contribution in [-0.4, -0.2) is 98.0 Å². The normalized spacial score (nSPS) is 21.0. The lowest BCUT2D eigenvalue weighted by molar-refractivity contribution is -0.118. The number of aromatic nitrogens is 2. The summed E-state index contributed by atoms with van der Waals surface area (Å²) in [5.41, 5.74) is 2.27. The highest BCUT2D eigenvalue weighted by Crippen LogP contribution is 2.39. The number of nitrogens with one attached hydrogen (secondary N) is 1. The molecule has 12 heteroatoms. The van der Waals surface area contributed by atoms with E-state index in [1.165, 1.54) is 4.31 Å². The molecule has 38 heavy (non-hydrogen) atoms. The molecule has 0 spiro atoms. The number of amides is 1. The van der Waals surface area contributed by atoms with Crippen LogP contribution < -0.4 is 15.0 Å². The Morgan fingerprint density at radius 3 is 2.53 bits per heavy atom. The minimum absolute atomic E-state index is 0.140. The van der Waals surface area contributed by atoms with Gasteiger partial charge in [0.15, 0.2) is 0 Å². The second kappa shape index (κ2) is 10.9. The standard InChI is InChI=1S/C26H35N7O4S/c1-4-11-31-17-21-23(29-25(34)24(21)30(3)18-31)20-16-19(7-8-22(20)37-5-2)38(35,36)33-14-12-32(13-15-33)26-27-9-6-10-28-26/h6-10,16,23H,4-5,11-15,17-18H2,1-3H3,(H,29,34). The Morgan fingerprint density at radius 2 is 1.84 bits per heavy atom. The molecular weight excluding hydrogens is 506 g/mol. The molecule has 1 aromatic carbocycles. The summed E-state index contributed by atoms with van der Waals surface area (Å²) in [5.74, 6) is 1.04. The number of likely N-dealkylation sites (N-methyl/N-ethyl adjacent to an activating group) is 1. The first kappa shape index (κ1) is 26.4. The van der Waals surface area contributed by atoms with Gasteiger partial charge >= 0.3 is 0 Å². The van der Waals surface area contributed by atoms with Gasteiger partial charge in [0.05, 0.1) is 24.2 Å². The van der Waals surface area contributed by atoms with E-state index >= 15 is 0 Å². The molecule has 4 heterocycles. The summed E-state index contributed by atoms with van der Waals surface area (Å²) in [7, 11) is -1.84. The zero-order valence-corrected chi connectivity index (χ0v) is 22.9. The van der Waals surface area contributed by atoms with Crippen molar-refractivity contribution in [2.45, 2.75) is 31.2 Å². The molecule has 3 aliphatic rings. The SMILES string of the molecule is CCCN1CC2=C(C(=O)NC2c2cc(S(=O)(=O)N3CCN(c4ncccn4)CC3)ccc2OCC)N(C)C1. The minimum Gasteiger partial charge on any atom is -0.494 e. The molecule has 0 radical (unpaired) electrons. The van der Waals surface area contributed by atoms with Crippen molar-refractivity contribution in [3.8, 4) is 5.75 Å². The first-order valence-electron chi connectivity index (χ1n) is 13.1. The number of rotatable bonds is 8. The molecule has 3 aliphatic heterocycles. The zero-order valence-electron chi connectivity index (χ0n) is 22.1. The summed E-state index contributed by atoms with van der Waals surface area (Å²) in [6.07, 6.45) is 4.37. The summed E-state index contributed by atoms with van der Waals surface area (Å²) >= 11 is 0. The van der Waals surface area contributed by atoms with Crippen molar-refractivity contribution in [3.05, 3.63) is 53.5 Å². The molecule has 1 unspecified atom stereocenters. The topological polar surface area (TPSA) is 111 Å². The van der Waals surface area contributed by atoms with Crippen LogP contribution >= 0.6 is 0 Å². The van der Waals surface area contributed by atoms with Gasteiger partial charge in [-0.05, 0) is 49.7 Å². The highest BCUT2D eigenvalue weighted by molar-refractivity contribution is 7.89. The quantitative estimate of drug-likeness (QED) is 0.531. The van der Waals surface area contributed by atoms with Crippen molar-refractivity contribution < 1.29 is 17.9 Å². The number of hydrogen-bond acceptors (Lipinski definition) is 9. The third-order valence-corrected chi connectivity index (χ3v) is 9.07. The maximum Gasteiger partial charge on any atom is 0.268 e. The van der Waals surface area contributed by atoms with Crippen molar-refractivity contribution in [1.82, 2.24) is 29.4 Å². The smallest absolute Gasteiger partial charge is 0.268 e. The maximum atomic E-state index is 13.7. The fourth-order valence-corrected chi connectivity index (χ4v) is 6.94. The van der Waals surface area contributed by atoms with Crippen molar-refractivity contribution in [3.63, 3.8) is 0 Å². The van der Waals surface area contributed by atoms with Crippen LogP contribution in [0.25, 0.3) is 0 Å². The van der Waals surface area contributed by atoms with Gasteiger partial charge in [0.1, 0.15) is 11.4 Å². The predicted molar refractivity (Wildman–Crippen MR) is 143 cm³/mol. The molecule has 1 aromatic heterocycles. The Labute approximate surface area is 224 Å². The number of nitrogens with zero attached hydrogens (tertiary/aromatic N) is 6. The van der Waals surface area contributed by atoms with E-state index in [4.69, 9.17) is 4.74 Å². The van der Waals surface area contributed by atoms with E-state index in [1.807, 2.05) is 23.8 Å². The number of benzene rings is 1. The van der Waals surface area contributed by atoms with Gasteiger partial charge in [0.2, 0.25) is 16.0 Å². The van der Waals surface area contributed by atoms with Gasteiger partial charge in [-0.25, -0.2) is 18.4 Å². The van der Waals surface area contributed by atoms with E-state index in [1.54, 1.807) is 36.7 Å². The van der Waals surface area contributed by atoms with E-state index < -0.39 is 16.1 Å². The molecule has 1 N–H and O–H groups in total. The molecule has 2 aromatic rings. The summed E-state index contributed by atoms with van der Waals surface area (Å²) in [6, 6.07) is 6.28. The number of carbonyl (C=O) groups is 1. The van der Waals surface area contributed by atoms with Crippen LogP contribution in [0.1, 0.15) is 31.9 Å². The largest absolute Gasteiger partial charge is 0.494 e. The second-order valence-electron chi connectivity index (χ2n) is 9.74. The van der Waals surface area contributed by atoms with Crippen molar-refractivity contribution in [2.75, 3.05) is 64.5 Å². The lowest BCUT2D eigenvalue weighted by Gasteiger charge is -2.35. The molecule has 0 aliphatic carbocycles. The zero-order chi connectivity index (χ0) is 26.9. The van der Waals surface area contributed by atoms with Crippen molar-refractivity contribution >= 4 is 21.9 Å². The highest BCUT2D eigenvalue weighted by Gasteiger charge is 2.40. The molecule has 1 atom stereocenters. The van der Waals surface area contributed by atoms with E-state index in [2.05, 4.69) is 27.1 Å². The van der Waals surface area contributed by atoms with Gasteiger partial charge in [-0.15, -0.1) is 0 Å². The number of carbonyl (C=O) groups excluding carboxylic acids is 1. The van der Waals surface area contributed by atoms with E-state index in [9.17, 15) is 13.2 Å². The number of piperazine rings is 1. The number of anilines is 1. The third-order valence-electron chi connectivity index (χ3n) is 7.17. The molecule has 0 saturated carbocycles. The molecule has 204 valence electrons. The van der Waals surface area contributed by atoms with E-state index in [0.29, 0.717) is 69.0 Å². The van der Waals surface area contributed by atoms with E-state index in [-0.39, 0.29) is 10.8 Å². The van der Waals surface area contributed by atoms with Crippen LogP contribution in [0.2, 0.25) is 0 Å². The van der Waals surface area contributed by atoms with Crippen LogP contribution in [0.5, 0.6) is 5.75 Å².